The average Bonchev–Trinajstić information content (AvgIpc) is 2.66. The monoisotopic (exact) mass is 418 g/mol. The van der Waals surface area contributed by atoms with Crippen LogP contribution in [0.4, 0.5) is 5.69 Å². The smallest absolute Gasteiger partial charge is 0.244 e. The summed E-state index contributed by atoms with van der Waals surface area (Å²) < 4.78 is 31.7. The first-order valence-corrected chi connectivity index (χ1v) is 11.4. The van der Waals surface area contributed by atoms with Gasteiger partial charge in [0.1, 0.15) is 11.8 Å². The number of carbonyl (C=O) groups excluding carboxylic acids is 1. The topological polar surface area (TPSA) is 75.7 Å². The molecule has 6 nitrogen and oxygen atoms in total. The van der Waals surface area contributed by atoms with E-state index in [-0.39, 0.29) is 11.9 Å². The summed E-state index contributed by atoms with van der Waals surface area (Å²) in [6.07, 6.45) is 1.78. The van der Waals surface area contributed by atoms with E-state index in [1.54, 1.807) is 19.1 Å². The van der Waals surface area contributed by atoms with E-state index in [1.807, 2.05) is 51.1 Å². The maximum absolute atomic E-state index is 13.0. The van der Waals surface area contributed by atoms with Crippen molar-refractivity contribution in [3.05, 3.63) is 59.2 Å². The van der Waals surface area contributed by atoms with Crippen LogP contribution >= 0.6 is 0 Å². The fraction of sp³-hybridized carbons (Fsp3) is 0.409. The van der Waals surface area contributed by atoms with Gasteiger partial charge in [0, 0.05) is 0 Å². The van der Waals surface area contributed by atoms with Crippen LogP contribution in [0, 0.1) is 13.8 Å². The van der Waals surface area contributed by atoms with E-state index < -0.39 is 16.1 Å². The molecular weight excluding hydrogens is 388 g/mol. The van der Waals surface area contributed by atoms with Crippen molar-refractivity contribution in [3.8, 4) is 5.75 Å². The number of rotatable bonds is 8. The number of benzene rings is 2. The number of hydrogen-bond donors (Lipinski definition) is 1. The van der Waals surface area contributed by atoms with Crippen molar-refractivity contribution in [2.45, 2.75) is 46.2 Å². The van der Waals surface area contributed by atoms with E-state index in [0.29, 0.717) is 17.9 Å². The van der Waals surface area contributed by atoms with Crippen molar-refractivity contribution in [1.82, 2.24) is 5.32 Å². The first kappa shape index (κ1) is 22.7. The summed E-state index contributed by atoms with van der Waals surface area (Å²) in [5, 5.41) is 2.99. The molecule has 0 bridgehead atoms. The maximum atomic E-state index is 13.0. The van der Waals surface area contributed by atoms with Crippen LogP contribution in [-0.4, -0.2) is 33.7 Å². The van der Waals surface area contributed by atoms with Crippen molar-refractivity contribution in [1.29, 1.82) is 0 Å². The van der Waals surface area contributed by atoms with Gasteiger partial charge >= 0.3 is 0 Å². The lowest BCUT2D eigenvalue weighted by Crippen LogP contribution is -2.48. The number of ether oxygens (including phenoxy) is 1. The number of aryl methyl sites for hydroxylation is 2. The molecule has 0 aliphatic rings. The van der Waals surface area contributed by atoms with Gasteiger partial charge in [0.25, 0.3) is 0 Å². The van der Waals surface area contributed by atoms with Crippen LogP contribution in [0.15, 0.2) is 42.5 Å². The van der Waals surface area contributed by atoms with Crippen LogP contribution in [-0.2, 0) is 14.8 Å². The predicted octanol–water partition coefficient (Wildman–Crippen LogP) is 3.73. The molecular formula is C22H30N2O4S. The highest BCUT2D eigenvalue weighted by Crippen LogP contribution is 2.33. The summed E-state index contributed by atoms with van der Waals surface area (Å²) >= 11 is 0. The molecule has 29 heavy (non-hydrogen) atoms. The minimum Gasteiger partial charge on any atom is -0.495 e. The standard InChI is InChI=1S/C22H30N2O4S/c1-7-19(18-11-8-15(2)9-12-18)23-22(25)17(4)24(29(6,26)27)20-14-16(3)10-13-21(20)28-5/h8-14,17,19H,7H2,1-6H3,(H,23,25)/t17-,19-/m1/s1. The number of nitrogens with one attached hydrogen (secondary N) is 1. The van der Waals surface area contributed by atoms with E-state index in [4.69, 9.17) is 4.74 Å². The van der Waals surface area contributed by atoms with Gasteiger partial charge in [-0.3, -0.25) is 9.10 Å². The lowest BCUT2D eigenvalue weighted by Gasteiger charge is -2.31. The Morgan fingerprint density at radius 2 is 1.69 bits per heavy atom. The molecule has 2 aromatic rings. The van der Waals surface area contributed by atoms with Crippen molar-refractivity contribution >= 4 is 21.6 Å². The highest BCUT2D eigenvalue weighted by atomic mass is 32.2. The molecule has 0 unspecified atom stereocenters. The number of nitrogens with zero attached hydrogens (tertiary/aromatic N) is 1. The maximum Gasteiger partial charge on any atom is 0.244 e. The Balaban J connectivity index is 2.36. The van der Waals surface area contributed by atoms with E-state index in [9.17, 15) is 13.2 Å². The molecule has 0 aliphatic heterocycles. The molecule has 2 atom stereocenters. The van der Waals surface area contributed by atoms with Crippen molar-refractivity contribution < 1.29 is 17.9 Å². The molecule has 0 aliphatic carbocycles. The van der Waals surface area contributed by atoms with Gasteiger partial charge in [-0.2, -0.15) is 0 Å². The van der Waals surface area contributed by atoms with Gasteiger partial charge in [-0.25, -0.2) is 8.42 Å². The second kappa shape index (κ2) is 9.31. The van der Waals surface area contributed by atoms with Gasteiger partial charge in [-0.05, 0) is 50.5 Å². The zero-order valence-corrected chi connectivity index (χ0v) is 18.7. The first-order valence-electron chi connectivity index (χ1n) is 9.59. The second-order valence-electron chi connectivity index (χ2n) is 7.29. The molecule has 2 aromatic carbocycles. The molecule has 0 saturated heterocycles. The summed E-state index contributed by atoms with van der Waals surface area (Å²) in [5.74, 6) is 0.0256. The second-order valence-corrected chi connectivity index (χ2v) is 9.15. The van der Waals surface area contributed by atoms with Gasteiger partial charge in [-0.15, -0.1) is 0 Å². The van der Waals surface area contributed by atoms with Crippen LogP contribution in [0.1, 0.15) is 43.0 Å². The molecule has 0 saturated carbocycles. The van der Waals surface area contributed by atoms with Crippen molar-refractivity contribution in [2.75, 3.05) is 17.7 Å². The highest BCUT2D eigenvalue weighted by molar-refractivity contribution is 7.92. The molecule has 1 N–H and O–H groups in total. The highest BCUT2D eigenvalue weighted by Gasteiger charge is 2.32. The summed E-state index contributed by atoms with van der Waals surface area (Å²) in [5.41, 5.74) is 3.34. The van der Waals surface area contributed by atoms with E-state index >= 15 is 0 Å². The molecule has 2 rings (SSSR count). The number of methoxy groups -OCH3 is 1. The Kier molecular flexibility index (Phi) is 7.30. The SMILES string of the molecule is CC[C@@H](NC(=O)[C@@H](C)N(c1cc(C)ccc1OC)S(C)(=O)=O)c1ccc(C)cc1. The molecule has 7 heteroatoms. The number of anilines is 1. The molecule has 158 valence electrons. The van der Waals surface area contributed by atoms with E-state index in [1.165, 1.54) is 7.11 Å². The zero-order valence-electron chi connectivity index (χ0n) is 17.9. The third-order valence-electron chi connectivity index (χ3n) is 4.86. The molecule has 0 aromatic heterocycles. The van der Waals surface area contributed by atoms with Crippen LogP contribution < -0.4 is 14.4 Å². The van der Waals surface area contributed by atoms with Gasteiger partial charge in [-0.1, -0.05) is 42.8 Å². The van der Waals surface area contributed by atoms with Crippen LogP contribution in [0.25, 0.3) is 0 Å². The normalized spacial score (nSPS) is 13.4. The van der Waals surface area contributed by atoms with E-state index in [0.717, 1.165) is 27.3 Å². The van der Waals surface area contributed by atoms with Crippen LogP contribution in [0.5, 0.6) is 5.75 Å². The van der Waals surface area contributed by atoms with E-state index in [2.05, 4.69) is 5.32 Å². The van der Waals surface area contributed by atoms with Crippen LogP contribution in [0.2, 0.25) is 0 Å². The molecule has 0 heterocycles. The Morgan fingerprint density at radius 3 is 2.21 bits per heavy atom. The third kappa shape index (κ3) is 5.50. The minimum atomic E-state index is -3.73. The molecule has 1 amide bonds. The number of amides is 1. The number of hydrogen-bond acceptors (Lipinski definition) is 4. The molecule has 0 radical (unpaired) electrons. The Bertz CT molecular complexity index is 955. The van der Waals surface area contributed by atoms with Crippen molar-refractivity contribution in [2.24, 2.45) is 0 Å². The summed E-state index contributed by atoms with van der Waals surface area (Å²) in [6, 6.07) is 12.0. The largest absolute Gasteiger partial charge is 0.495 e. The number of carbonyl (C=O) groups is 1. The van der Waals surface area contributed by atoms with Gasteiger partial charge < -0.3 is 10.1 Å². The minimum absolute atomic E-state index is 0.202. The Hall–Kier alpha value is -2.54. The predicted molar refractivity (Wildman–Crippen MR) is 117 cm³/mol. The fourth-order valence-electron chi connectivity index (χ4n) is 3.27. The van der Waals surface area contributed by atoms with Gasteiger partial charge in [0.15, 0.2) is 0 Å². The van der Waals surface area contributed by atoms with Gasteiger partial charge in [0.05, 0.1) is 25.1 Å². The summed E-state index contributed by atoms with van der Waals surface area (Å²) in [6.45, 7) is 7.43. The summed E-state index contributed by atoms with van der Waals surface area (Å²) in [7, 11) is -2.26. The first-order chi connectivity index (χ1) is 13.6. The Labute approximate surface area is 173 Å². The fourth-order valence-corrected chi connectivity index (χ4v) is 4.44. The third-order valence-corrected chi connectivity index (χ3v) is 6.09. The average molecular weight is 419 g/mol. The Morgan fingerprint density at radius 1 is 1.10 bits per heavy atom. The lowest BCUT2D eigenvalue weighted by molar-refractivity contribution is -0.122. The molecule has 0 fully saturated rings. The number of sulfonamides is 1. The zero-order chi connectivity index (χ0) is 21.8. The van der Waals surface area contributed by atoms with Gasteiger partial charge in [0.2, 0.25) is 15.9 Å². The lowest BCUT2D eigenvalue weighted by atomic mass is 10.0. The van der Waals surface area contributed by atoms with Crippen molar-refractivity contribution in [3.63, 3.8) is 0 Å². The summed E-state index contributed by atoms with van der Waals surface area (Å²) in [4.78, 5) is 13.0. The van der Waals surface area contributed by atoms with Crippen LogP contribution in [0.3, 0.4) is 0 Å². The quantitative estimate of drug-likeness (QED) is 0.709. The molecule has 0 spiro atoms.